The van der Waals surface area contributed by atoms with Crippen LogP contribution in [0.2, 0.25) is 0 Å². The molecular formula is C15H15NO4. The molecule has 0 spiro atoms. The van der Waals surface area contributed by atoms with Gasteiger partial charge in [0, 0.05) is 0 Å². The molecule has 0 radical (unpaired) electrons. The molecule has 0 fully saturated rings. The van der Waals surface area contributed by atoms with Crippen LogP contribution in [0.3, 0.4) is 0 Å². The molecule has 5 nitrogen and oxygen atoms in total. The van der Waals surface area contributed by atoms with Crippen molar-refractivity contribution in [2.75, 3.05) is 7.11 Å². The summed E-state index contributed by atoms with van der Waals surface area (Å²) in [7, 11) is 1.26. The Balaban J connectivity index is 3.17. The summed E-state index contributed by atoms with van der Waals surface area (Å²) in [5.41, 5.74) is 0.534. The van der Waals surface area contributed by atoms with Gasteiger partial charge in [-0.25, -0.2) is 9.59 Å². The molecule has 0 aliphatic heterocycles. The molecule has 1 aromatic carbocycles. The van der Waals surface area contributed by atoms with Crippen LogP contribution in [0.25, 0.3) is 6.08 Å². The first-order valence-electron chi connectivity index (χ1n) is 5.99. The lowest BCUT2D eigenvalue weighted by Crippen LogP contribution is -2.13. The lowest BCUT2D eigenvalue weighted by Gasteiger charge is -2.07. The Morgan fingerprint density at radius 2 is 1.95 bits per heavy atom. The van der Waals surface area contributed by atoms with E-state index < -0.39 is 11.9 Å². The van der Waals surface area contributed by atoms with Gasteiger partial charge in [-0.15, -0.1) is 0 Å². The second kappa shape index (κ2) is 7.10. The third-order valence-corrected chi connectivity index (χ3v) is 2.35. The van der Waals surface area contributed by atoms with Gasteiger partial charge in [0.15, 0.2) is 0 Å². The summed E-state index contributed by atoms with van der Waals surface area (Å²) < 4.78 is 9.61. The van der Waals surface area contributed by atoms with Crippen molar-refractivity contribution in [1.82, 2.24) is 0 Å². The smallest absolute Gasteiger partial charge is 0.349 e. The zero-order valence-corrected chi connectivity index (χ0v) is 11.5. The van der Waals surface area contributed by atoms with E-state index in [1.165, 1.54) is 13.2 Å². The van der Waals surface area contributed by atoms with Crippen LogP contribution in [0.5, 0.6) is 0 Å². The molecule has 1 aromatic rings. The average Bonchev–Trinajstić information content (AvgIpc) is 2.43. The van der Waals surface area contributed by atoms with Gasteiger partial charge in [-0.3, -0.25) is 0 Å². The molecule has 104 valence electrons. The average molecular weight is 273 g/mol. The van der Waals surface area contributed by atoms with Crippen LogP contribution in [0.15, 0.2) is 29.8 Å². The van der Waals surface area contributed by atoms with E-state index in [2.05, 4.69) is 4.74 Å². The monoisotopic (exact) mass is 273 g/mol. The van der Waals surface area contributed by atoms with Crippen molar-refractivity contribution in [2.45, 2.75) is 20.0 Å². The third kappa shape index (κ3) is 3.95. The molecule has 0 N–H and O–H groups in total. The minimum Gasteiger partial charge on any atom is -0.465 e. The van der Waals surface area contributed by atoms with Crippen molar-refractivity contribution in [3.8, 4) is 6.07 Å². The van der Waals surface area contributed by atoms with Crippen LogP contribution in [0.1, 0.15) is 29.8 Å². The summed E-state index contributed by atoms with van der Waals surface area (Å²) in [5.74, 6) is -1.26. The molecule has 0 aromatic heterocycles. The zero-order valence-electron chi connectivity index (χ0n) is 11.5. The predicted octanol–water partition coefficient (Wildman–Crippen LogP) is 2.33. The Morgan fingerprint density at radius 1 is 1.30 bits per heavy atom. The highest BCUT2D eigenvalue weighted by atomic mass is 16.5. The van der Waals surface area contributed by atoms with Crippen LogP contribution in [0.4, 0.5) is 0 Å². The van der Waals surface area contributed by atoms with Gasteiger partial charge in [0.2, 0.25) is 0 Å². The summed E-state index contributed by atoms with van der Waals surface area (Å²) >= 11 is 0. The first kappa shape index (κ1) is 15.4. The summed E-state index contributed by atoms with van der Waals surface area (Å²) in [4.78, 5) is 23.3. The predicted molar refractivity (Wildman–Crippen MR) is 72.6 cm³/mol. The van der Waals surface area contributed by atoms with Crippen LogP contribution < -0.4 is 0 Å². The third-order valence-electron chi connectivity index (χ3n) is 2.35. The van der Waals surface area contributed by atoms with Crippen molar-refractivity contribution >= 4 is 18.0 Å². The largest absolute Gasteiger partial charge is 0.465 e. The van der Waals surface area contributed by atoms with Gasteiger partial charge in [-0.1, -0.05) is 18.2 Å². The molecule has 0 aliphatic rings. The van der Waals surface area contributed by atoms with Gasteiger partial charge in [0.25, 0.3) is 0 Å². The van der Waals surface area contributed by atoms with E-state index in [4.69, 9.17) is 10.00 Å². The Bertz CT molecular complexity index is 582. The maximum absolute atomic E-state index is 11.7. The summed E-state index contributed by atoms with van der Waals surface area (Å²) in [6, 6.07) is 8.31. The van der Waals surface area contributed by atoms with Gasteiger partial charge in [0.05, 0.1) is 18.8 Å². The fourth-order valence-corrected chi connectivity index (χ4v) is 1.49. The quantitative estimate of drug-likeness (QED) is 0.478. The summed E-state index contributed by atoms with van der Waals surface area (Å²) in [6.45, 7) is 3.38. The molecular weight excluding hydrogens is 258 g/mol. The molecule has 0 bridgehead atoms. The standard InChI is InChI=1S/C15H15NO4/c1-10(2)20-14(17)12(9-16)8-11-6-4-5-7-13(11)15(18)19-3/h4-8,10H,1-3H3/b12-8+. The molecule has 20 heavy (non-hydrogen) atoms. The van der Waals surface area contributed by atoms with E-state index in [1.807, 2.05) is 0 Å². The summed E-state index contributed by atoms with van der Waals surface area (Å²) in [6.07, 6.45) is 0.992. The Labute approximate surface area is 117 Å². The van der Waals surface area contributed by atoms with Gasteiger partial charge in [0.1, 0.15) is 11.6 Å². The van der Waals surface area contributed by atoms with Gasteiger partial charge < -0.3 is 9.47 Å². The molecule has 5 heteroatoms. The van der Waals surface area contributed by atoms with E-state index in [9.17, 15) is 9.59 Å². The highest BCUT2D eigenvalue weighted by Gasteiger charge is 2.15. The number of carbonyl (C=O) groups excluding carboxylic acids is 2. The van der Waals surface area contributed by atoms with E-state index in [-0.39, 0.29) is 17.2 Å². The van der Waals surface area contributed by atoms with Crippen molar-refractivity contribution in [1.29, 1.82) is 5.26 Å². The molecule has 0 amide bonds. The van der Waals surface area contributed by atoms with Crippen LogP contribution in [0, 0.1) is 11.3 Å². The Kier molecular flexibility index (Phi) is 5.48. The van der Waals surface area contributed by atoms with Crippen LogP contribution in [-0.4, -0.2) is 25.2 Å². The number of methoxy groups -OCH3 is 1. The van der Waals surface area contributed by atoms with Crippen molar-refractivity contribution < 1.29 is 19.1 Å². The van der Waals surface area contributed by atoms with Crippen LogP contribution >= 0.6 is 0 Å². The Hall–Kier alpha value is -2.61. The van der Waals surface area contributed by atoms with E-state index in [0.717, 1.165) is 0 Å². The fourth-order valence-electron chi connectivity index (χ4n) is 1.49. The highest BCUT2D eigenvalue weighted by Crippen LogP contribution is 2.15. The minimum absolute atomic E-state index is 0.171. The van der Waals surface area contributed by atoms with Gasteiger partial charge >= 0.3 is 11.9 Å². The SMILES string of the molecule is COC(=O)c1ccccc1/C=C(\C#N)C(=O)OC(C)C. The van der Waals surface area contributed by atoms with Crippen LogP contribution in [-0.2, 0) is 14.3 Å². The fraction of sp³-hybridized carbons (Fsp3) is 0.267. The summed E-state index contributed by atoms with van der Waals surface area (Å²) in [5, 5.41) is 9.02. The number of esters is 2. The molecule has 0 saturated heterocycles. The first-order chi connectivity index (χ1) is 9.49. The van der Waals surface area contributed by atoms with Gasteiger partial charge in [-0.2, -0.15) is 5.26 Å². The number of hydrogen-bond donors (Lipinski definition) is 0. The Morgan fingerprint density at radius 3 is 2.50 bits per heavy atom. The first-order valence-corrected chi connectivity index (χ1v) is 5.99. The molecule has 0 heterocycles. The molecule has 0 aliphatic carbocycles. The van der Waals surface area contributed by atoms with Gasteiger partial charge in [-0.05, 0) is 31.6 Å². The normalized spacial score (nSPS) is 10.8. The number of hydrogen-bond acceptors (Lipinski definition) is 5. The maximum Gasteiger partial charge on any atom is 0.349 e. The van der Waals surface area contributed by atoms with E-state index >= 15 is 0 Å². The molecule has 0 saturated carbocycles. The van der Waals surface area contributed by atoms with Crippen molar-refractivity contribution in [3.63, 3.8) is 0 Å². The number of carbonyl (C=O) groups is 2. The molecule has 0 atom stereocenters. The zero-order chi connectivity index (χ0) is 15.1. The topological polar surface area (TPSA) is 76.4 Å². The van der Waals surface area contributed by atoms with Crippen molar-refractivity contribution in [2.24, 2.45) is 0 Å². The minimum atomic E-state index is -0.720. The number of benzene rings is 1. The number of nitriles is 1. The second-order valence-electron chi connectivity index (χ2n) is 4.20. The maximum atomic E-state index is 11.7. The second-order valence-corrected chi connectivity index (χ2v) is 4.20. The van der Waals surface area contributed by atoms with Crippen molar-refractivity contribution in [3.05, 3.63) is 41.0 Å². The highest BCUT2D eigenvalue weighted by molar-refractivity contribution is 6.01. The number of nitrogens with zero attached hydrogens (tertiary/aromatic N) is 1. The lowest BCUT2D eigenvalue weighted by atomic mass is 10.0. The number of rotatable bonds is 4. The molecule has 0 unspecified atom stereocenters. The van der Waals surface area contributed by atoms with E-state index in [1.54, 1.807) is 44.2 Å². The molecule has 1 rings (SSSR count). The number of ether oxygens (including phenoxy) is 2. The lowest BCUT2D eigenvalue weighted by molar-refractivity contribution is -0.142. The van der Waals surface area contributed by atoms with E-state index in [0.29, 0.717) is 5.56 Å².